The Bertz CT molecular complexity index is 1040. The number of pyridine rings is 1. The Morgan fingerprint density at radius 2 is 1.85 bits per heavy atom. The van der Waals surface area contributed by atoms with Crippen LogP contribution in [0, 0.1) is 0 Å². The van der Waals surface area contributed by atoms with Crippen LogP contribution in [0.15, 0.2) is 47.1 Å². The minimum absolute atomic E-state index is 0.0520. The molecule has 0 atom stereocenters. The second-order valence-electron chi connectivity index (χ2n) is 8.52. The van der Waals surface area contributed by atoms with Gasteiger partial charge in [0.1, 0.15) is 11.6 Å². The first-order chi connectivity index (χ1) is 16.0. The standard InChI is InChI=1S/C25H31N5O3/c1-4-5-16-32-21-9-6-19(7-10-21)25(31)30-14-12-29(13-15-30)22-11-8-20(17-26-22)23-27-24(18(2)3)33-28-23/h6-11,17-18H,4-5,12-16H2,1-3H3. The third kappa shape index (κ3) is 5.50. The summed E-state index contributed by atoms with van der Waals surface area (Å²) < 4.78 is 11.0. The number of ether oxygens (including phenoxy) is 1. The van der Waals surface area contributed by atoms with E-state index in [4.69, 9.17) is 9.26 Å². The molecule has 33 heavy (non-hydrogen) atoms. The number of carbonyl (C=O) groups is 1. The lowest BCUT2D eigenvalue weighted by atomic mass is 10.1. The van der Waals surface area contributed by atoms with E-state index in [1.807, 2.05) is 55.1 Å². The van der Waals surface area contributed by atoms with E-state index < -0.39 is 0 Å². The fourth-order valence-corrected chi connectivity index (χ4v) is 3.64. The van der Waals surface area contributed by atoms with Gasteiger partial charge in [-0.25, -0.2) is 4.98 Å². The van der Waals surface area contributed by atoms with Crippen molar-refractivity contribution in [1.29, 1.82) is 0 Å². The summed E-state index contributed by atoms with van der Waals surface area (Å²) in [4.78, 5) is 26.0. The fourth-order valence-electron chi connectivity index (χ4n) is 3.64. The van der Waals surface area contributed by atoms with Crippen molar-refractivity contribution in [2.45, 2.75) is 39.5 Å². The summed E-state index contributed by atoms with van der Waals surface area (Å²) in [6.07, 6.45) is 3.89. The molecule has 0 N–H and O–H groups in total. The van der Waals surface area contributed by atoms with Gasteiger partial charge in [-0.3, -0.25) is 4.79 Å². The maximum absolute atomic E-state index is 12.9. The highest BCUT2D eigenvalue weighted by molar-refractivity contribution is 5.94. The minimum atomic E-state index is 0.0520. The average molecular weight is 450 g/mol. The first-order valence-corrected chi connectivity index (χ1v) is 11.6. The monoisotopic (exact) mass is 449 g/mol. The Kier molecular flexibility index (Phi) is 7.22. The molecule has 1 saturated heterocycles. The van der Waals surface area contributed by atoms with Crippen LogP contribution in [0.25, 0.3) is 11.4 Å². The third-order valence-electron chi connectivity index (χ3n) is 5.70. The normalized spacial score (nSPS) is 14.1. The molecule has 3 heterocycles. The van der Waals surface area contributed by atoms with E-state index in [9.17, 15) is 4.79 Å². The number of anilines is 1. The number of amides is 1. The molecule has 1 aromatic carbocycles. The van der Waals surface area contributed by atoms with E-state index in [-0.39, 0.29) is 11.8 Å². The largest absolute Gasteiger partial charge is 0.494 e. The highest BCUT2D eigenvalue weighted by Crippen LogP contribution is 2.22. The Morgan fingerprint density at radius 1 is 1.09 bits per heavy atom. The molecule has 0 radical (unpaired) electrons. The third-order valence-corrected chi connectivity index (χ3v) is 5.70. The lowest BCUT2D eigenvalue weighted by Gasteiger charge is -2.35. The van der Waals surface area contributed by atoms with E-state index in [1.54, 1.807) is 6.20 Å². The van der Waals surface area contributed by atoms with E-state index in [1.165, 1.54) is 0 Å². The molecule has 2 aromatic heterocycles. The SMILES string of the molecule is CCCCOc1ccc(C(=O)N2CCN(c3ccc(-c4noc(C(C)C)n4)cn3)CC2)cc1. The molecule has 1 amide bonds. The van der Waals surface area contributed by atoms with Crippen molar-refractivity contribution < 1.29 is 14.1 Å². The average Bonchev–Trinajstić information content (AvgIpc) is 3.35. The van der Waals surface area contributed by atoms with Crippen LogP contribution >= 0.6 is 0 Å². The van der Waals surface area contributed by atoms with Crippen LogP contribution in [-0.4, -0.2) is 58.7 Å². The molecule has 0 bridgehead atoms. The highest BCUT2D eigenvalue weighted by atomic mass is 16.5. The first-order valence-electron chi connectivity index (χ1n) is 11.6. The zero-order valence-electron chi connectivity index (χ0n) is 19.5. The van der Waals surface area contributed by atoms with Crippen LogP contribution in [0.2, 0.25) is 0 Å². The van der Waals surface area contributed by atoms with Gasteiger partial charge in [0.2, 0.25) is 11.7 Å². The summed E-state index contributed by atoms with van der Waals surface area (Å²) in [7, 11) is 0. The summed E-state index contributed by atoms with van der Waals surface area (Å²) in [5.74, 6) is 3.10. The molecule has 0 spiro atoms. The first kappa shape index (κ1) is 22.8. The van der Waals surface area contributed by atoms with Gasteiger partial charge in [0.25, 0.3) is 5.91 Å². The van der Waals surface area contributed by atoms with Crippen molar-refractivity contribution in [2.75, 3.05) is 37.7 Å². The number of rotatable bonds is 8. The molecular formula is C25H31N5O3. The summed E-state index contributed by atoms with van der Waals surface area (Å²) >= 11 is 0. The van der Waals surface area contributed by atoms with Crippen molar-refractivity contribution in [1.82, 2.24) is 20.0 Å². The lowest BCUT2D eigenvalue weighted by Crippen LogP contribution is -2.49. The molecule has 0 unspecified atom stereocenters. The smallest absolute Gasteiger partial charge is 0.253 e. The summed E-state index contributed by atoms with van der Waals surface area (Å²) in [6, 6.07) is 11.4. The van der Waals surface area contributed by atoms with E-state index in [0.29, 0.717) is 37.0 Å². The Hall–Kier alpha value is -3.42. The molecule has 1 aliphatic heterocycles. The van der Waals surface area contributed by atoms with Crippen LogP contribution in [0.5, 0.6) is 5.75 Å². The van der Waals surface area contributed by atoms with Gasteiger partial charge in [-0.15, -0.1) is 0 Å². The number of aromatic nitrogens is 3. The molecule has 0 aliphatic carbocycles. The van der Waals surface area contributed by atoms with E-state index in [2.05, 4.69) is 26.9 Å². The van der Waals surface area contributed by atoms with E-state index >= 15 is 0 Å². The molecule has 3 aromatic rings. The molecule has 1 fully saturated rings. The molecular weight excluding hydrogens is 418 g/mol. The van der Waals surface area contributed by atoms with E-state index in [0.717, 1.165) is 43.1 Å². The van der Waals surface area contributed by atoms with Gasteiger partial charge in [0.05, 0.1) is 6.61 Å². The summed E-state index contributed by atoms with van der Waals surface area (Å²) in [5, 5.41) is 4.04. The van der Waals surface area contributed by atoms with Gasteiger partial charge in [-0.05, 0) is 42.8 Å². The molecule has 8 nitrogen and oxygen atoms in total. The van der Waals surface area contributed by atoms with Gasteiger partial charge in [0, 0.05) is 49.4 Å². The molecule has 174 valence electrons. The van der Waals surface area contributed by atoms with Gasteiger partial charge >= 0.3 is 0 Å². The Labute approximate surface area is 194 Å². The maximum atomic E-state index is 12.9. The highest BCUT2D eigenvalue weighted by Gasteiger charge is 2.23. The van der Waals surface area contributed by atoms with Crippen molar-refractivity contribution in [2.24, 2.45) is 0 Å². The van der Waals surface area contributed by atoms with Crippen LogP contribution in [-0.2, 0) is 0 Å². The van der Waals surface area contributed by atoms with Gasteiger partial charge in [-0.1, -0.05) is 32.3 Å². The maximum Gasteiger partial charge on any atom is 0.253 e. The second kappa shape index (κ2) is 10.5. The predicted molar refractivity (Wildman–Crippen MR) is 127 cm³/mol. The van der Waals surface area contributed by atoms with Gasteiger partial charge in [0.15, 0.2) is 0 Å². The van der Waals surface area contributed by atoms with Crippen molar-refractivity contribution in [3.05, 3.63) is 54.0 Å². The van der Waals surface area contributed by atoms with Gasteiger partial charge < -0.3 is 19.1 Å². The van der Waals surface area contributed by atoms with Crippen LogP contribution in [0.1, 0.15) is 55.8 Å². The number of hydrogen-bond donors (Lipinski definition) is 0. The quantitative estimate of drug-likeness (QED) is 0.471. The summed E-state index contributed by atoms with van der Waals surface area (Å²) in [6.45, 7) is 9.64. The van der Waals surface area contributed by atoms with Crippen LogP contribution in [0.4, 0.5) is 5.82 Å². The minimum Gasteiger partial charge on any atom is -0.494 e. The molecule has 1 aliphatic rings. The number of piperazine rings is 1. The molecule has 4 rings (SSSR count). The number of benzene rings is 1. The van der Waals surface area contributed by atoms with Crippen molar-refractivity contribution in [3.63, 3.8) is 0 Å². The van der Waals surface area contributed by atoms with Crippen LogP contribution < -0.4 is 9.64 Å². The van der Waals surface area contributed by atoms with Crippen molar-refractivity contribution >= 4 is 11.7 Å². The zero-order chi connectivity index (χ0) is 23.2. The number of hydrogen-bond acceptors (Lipinski definition) is 7. The van der Waals surface area contributed by atoms with Crippen molar-refractivity contribution in [3.8, 4) is 17.1 Å². The number of unbranched alkanes of at least 4 members (excludes halogenated alkanes) is 1. The Morgan fingerprint density at radius 3 is 2.45 bits per heavy atom. The summed E-state index contributed by atoms with van der Waals surface area (Å²) in [5.41, 5.74) is 1.51. The topological polar surface area (TPSA) is 84.6 Å². The fraction of sp³-hybridized carbons (Fsp3) is 0.440. The van der Waals surface area contributed by atoms with Gasteiger partial charge in [-0.2, -0.15) is 4.98 Å². The predicted octanol–water partition coefficient (Wildman–Crippen LogP) is 4.40. The Balaban J connectivity index is 1.31. The molecule has 8 heteroatoms. The van der Waals surface area contributed by atoms with Crippen LogP contribution in [0.3, 0.4) is 0 Å². The molecule has 0 saturated carbocycles. The lowest BCUT2D eigenvalue weighted by molar-refractivity contribution is 0.0746. The second-order valence-corrected chi connectivity index (χ2v) is 8.52. The zero-order valence-corrected chi connectivity index (χ0v) is 19.5. The number of carbonyl (C=O) groups excluding carboxylic acids is 1. The number of nitrogens with zero attached hydrogens (tertiary/aromatic N) is 5.